The Balaban J connectivity index is 1.26. The number of rotatable bonds is 5. The summed E-state index contributed by atoms with van der Waals surface area (Å²) in [4.78, 5) is 2.49. The van der Waals surface area contributed by atoms with E-state index in [9.17, 15) is 22.0 Å². The maximum Gasteiger partial charge on any atom is 0.420 e. The number of benzene rings is 1. The highest BCUT2D eigenvalue weighted by molar-refractivity contribution is 5.63. The second kappa shape index (κ2) is 9.37. The molecule has 0 amide bonds. The van der Waals surface area contributed by atoms with Gasteiger partial charge < -0.3 is 15.0 Å². The SMILES string of the molecule is Fc1ccc(F)c(-c2cc(C(F)(F)F)c(NC3C[C@@H]4CN(CC5CCOCC5)C[C@H]4C3)nn2)c1. The molecule has 0 bridgehead atoms. The molecule has 1 N–H and O–H groups in total. The number of ether oxygens (including phenoxy) is 1. The second-order valence-corrected chi connectivity index (χ2v) is 9.72. The third kappa shape index (κ3) is 5.02. The van der Waals surface area contributed by atoms with Crippen molar-refractivity contribution in [2.45, 2.75) is 37.9 Å². The third-order valence-corrected chi connectivity index (χ3v) is 7.33. The summed E-state index contributed by atoms with van der Waals surface area (Å²) in [7, 11) is 0. The monoisotopic (exact) mass is 482 g/mol. The minimum atomic E-state index is -4.72. The van der Waals surface area contributed by atoms with Crippen LogP contribution in [0.3, 0.4) is 0 Å². The van der Waals surface area contributed by atoms with Crippen LogP contribution in [0.15, 0.2) is 24.3 Å². The lowest BCUT2D eigenvalue weighted by Crippen LogP contribution is -2.32. The summed E-state index contributed by atoms with van der Waals surface area (Å²) in [6, 6.07) is 3.17. The highest BCUT2D eigenvalue weighted by Gasteiger charge is 2.43. The van der Waals surface area contributed by atoms with E-state index in [1.165, 1.54) is 0 Å². The average molecular weight is 482 g/mol. The lowest BCUT2D eigenvalue weighted by atomic mass is 10.00. The van der Waals surface area contributed by atoms with Crippen molar-refractivity contribution in [2.75, 3.05) is 38.2 Å². The predicted molar refractivity (Wildman–Crippen MR) is 116 cm³/mol. The van der Waals surface area contributed by atoms with Crippen LogP contribution < -0.4 is 5.32 Å². The first kappa shape index (κ1) is 23.4. The third-order valence-electron chi connectivity index (χ3n) is 7.33. The number of fused-ring (bicyclic) bond motifs is 1. The Bertz CT molecular complexity index is 1010. The number of hydrogen-bond donors (Lipinski definition) is 1. The van der Waals surface area contributed by atoms with Gasteiger partial charge in [0.05, 0.1) is 5.69 Å². The zero-order valence-corrected chi connectivity index (χ0v) is 18.6. The van der Waals surface area contributed by atoms with Gasteiger partial charge in [-0.05, 0) is 67.7 Å². The number of alkyl halides is 3. The fourth-order valence-electron chi connectivity index (χ4n) is 5.69. The highest BCUT2D eigenvalue weighted by Crippen LogP contribution is 2.42. The summed E-state index contributed by atoms with van der Waals surface area (Å²) in [5.41, 5.74) is -1.74. The first-order chi connectivity index (χ1) is 16.3. The van der Waals surface area contributed by atoms with Gasteiger partial charge in [0.15, 0.2) is 5.82 Å². The van der Waals surface area contributed by atoms with Gasteiger partial charge in [0.25, 0.3) is 0 Å². The average Bonchev–Trinajstić information content (AvgIpc) is 3.33. The molecule has 1 aliphatic carbocycles. The van der Waals surface area contributed by atoms with Gasteiger partial charge in [-0.2, -0.15) is 13.2 Å². The standard InChI is InChI=1S/C24H27F5N4O/c25-17-1-2-21(26)19(9-17)22-10-20(24(27,28)29)23(32-31-22)30-18-7-15-12-33(13-16(15)8-18)11-14-3-5-34-6-4-14/h1-2,9-10,14-16,18H,3-8,11-13H2,(H,30,32)/t15-,16-/m1/s1. The van der Waals surface area contributed by atoms with Crippen molar-refractivity contribution in [2.24, 2.45) is 17.8 Å². The summed E-state index contributed by atoms with van der Waals surface area (Å²) in [6.07, 6.45) is -0.997. The molecule has 1 aromatic carbocycles. The quantitative estimate of drug-likeness (QED) is 0.609. The number of likely N-dealkylation sites (tertiary alicyclic amines) is 1. The molecule has 184 valence electrons. The maximum atomic E-state index is 14.1. The van der Waals surface area contributed by atoms with Crippen LogP contribution in [0.25, 0.3) is 11.3 Å². The van der Waals surface area contributed by atoms with E-state index in [0.29, 0.717) is 17.8 Å². The van der Waals surface area contributed by atoms with Crippen molar-refractivity contribution in [1.29, 1.82) is 0 Å². The molecule has 0 unspecified atom stereocenters. The molecule has 5 rings (SSSR count). The minimum absolute atomic E-state index is 0.132. The normalized spacial score (nSPS) is 24.5. The zero-order valence-electron chi connectivity index (χ0n) is 18.6. The van der Waals surface area contributed by atoms with Crippen LogP contribution in [0.5, 0.6) is 0 Å². The first-order valence-electron chi connectivity index (χ1n) is 11.7. The Morgan fingerprint density at radius 3 is 2.38 bits per heavy atom. The summed E-state index contributed by atoms with van der Waals surface area (Å²) in [5, 5.41) is 10.5. The van der Waals surface area contributed by atoms with Crippen LogP contribution in [0.4, 0.5) is 27.8 Å². The van der Waals surface area contributed by atoms with Crippen molar-refractivity contribution in [3.05, 3.63) is 41.5 Å². The first-order valence-corrected chi connectivity index (χ1v) is 11.7. The van der Waals surface area contributed by atoms with E-state index in [4.69, 9.17) is 4.74 Å². The number of nitrogens with one attached hydrogen (secondary N) is 1. The predicted octanol–water partition coefficient (Wildman–Crippen LogP) is 4.99. The molecule has 10 heteroatoms. The van der Waals surface area contributed by atoms with E-state index >= 15 is 0 Å². The zero-order chi connectivity index (χ0) is 23.9. The fourth-order valence-corrected chi connectivity index (χ4v) is 5.69. The molecule has 3 fully saturated rings. The van der Waals surface area contributed by atoms with Gasteiger partial charge in [0.2, 0.25) is 0 Å². The molecule has 2 saturated heterocycles. The van der Waals surface area contributed by atoms with Gasteiger partial charge in [-0.3, -0.25) is 0 Å². The number of aromatic nitrogens is 2. The lowest BCUT2D eigenvalue weighted by Gasteiger charge is -2.28. The fraction of sp³-hybridized carbons (Fsp3) is 0.583. The molecule has 0 radical (unpaired) electrons. The van der Waals surface area contributed by atoms with Crippen LogP contribution in [0, 0.1) is 29.4 Å². The van der Waals surface area contributed by atoms with Gasteiger partial charge in [-0.25, -0.2) is 8.78 Å². The molecular formula is C24H27F5N4O. The van der Waals surface area contributed by atoms with Crippen LogP contribution in [0.1, 0.15) is 31.2 Å². The van der Waals surface area contributed by atoms with E-state index in [1.54, 1.807) is 0 Å². The topological polar surface area (TPSA) is 50.3 Å². The van der Waals surface area contributed by atoms with E-state index in [1.807, 2.05) is 0 Å². The van der Waals surface area contributed by atoms with E-state index in [2.05, 4.69) is 20.4 Å². The van der Waals surface area contributed by atoms with E-state index < -0.39 is 23.4 Å². The largest absolute Gasteiger partial charge is 0.420 e. The van der Waals surface area contributed by atoms with Crippen molar-refractivity contribution < 1.29 is 26.7 Å². The molecule has 1 saturated carbocycles. The molecule has 2 aliphatic heterocycles. The number of halogens is 5. The molecule has 0 spiro atoms. The second-order valence-electron chi connectivity index (χ2n) is 9.72. The Hall–Kier alpha value is -2.33. The van der Waals surface area contributed by atoms with Gasteiger partial charge in [-0.15, -0.1) is 10.2 Å². The molecule has 3 aliphatic rings. The minimum Gasteiger partial charge on any atom is -0.381 e. The summed E-state index contributed by atoms with van der Waals surface area (Å²) in [5.74, 6) is -0.443. The molecule has 2 aromatic rings. The molecule has 1 aromatic heterocycles. The van der Waals surface area contributed by atoms with Gasteiger partial charge in [0.1, 0.15) is 17.2 Å². The lowest BCUT2D eigenvalue weighted by molar-refractivity contribution is -0.137. The number of anilines is 1. The molecule has 34 heavy (non-hydrogen) atoms. The number of nitrogens with zero attached hydrogens (tertiary/aromatic N) is 3. The summed E-state index contributed by atoms with van der Waals surface area (Å²) in [6.45, 7) is 4.65. The van der Waals surface area contributed by atoms with Crippen molar-refractivity contribution in [3.63, 3.8) is 0 Å². The van der Waals surface area contributed by atoms with Crippen LogP contribution in [-0.2, 0) is 10.9 Å². The molecule has 2 atom stereocenters. The molecule has 5 nitrogen and oxygen atoms in total. The summed E-state index contributed by atoms with van der Waals surface area (Å²) >= 11 is 0. The van der Waals surface area contributed by atoms with E-state index in [0.717, 1.165) is 82.8 Å². The Morgan fingerprint density at radius 1 is 1.00 bits per heavy atom. The van der Waals surface area contributed by atoms with Gasteiger partial charge in [-0.1, -0.05) is 0 Å². The number of hydrogen-bond acceptors (Lipinski definition) is 5. The van der Waals surface area contributed by atoms with Gasteiger partial charge in [0, 0.05) is 44.5 Å². The van der Waals surface area contributed by atoms with Crippen molar-refractivity contribution >= 4 is 5.82 Å². The smallest absolute Gasteiger partial charge is 0.381 e. The maximum absolute atomic E-state index is 14.1. The molecule has 3 heterocycles. The van der Waals surface area contributed by atoms with Crippen LogP contribution >= 0.6 is 0 Å². The highest BCUT2D eigenvalue weighted by atomic mass is 19.4. The Kier molecular flexibility index (Phi) is 6.45. The Morgan fingerprint density at radius 2 is 1.71 bits per heavy atom. The van der Waals surface area contributed by atoms with Gasteiger partial charge >= 0.3 is 6.18 Å². The van der Waals surface area contributed by atoms with Crippen molar-refractivity contribution in [3.8, 4) is 11.3 Å². The molecular weight excluding hydrogens is 455 g/mol. The van der Waals surface area contributed by atoms with Crippen LogP contribution in [-0.4, -0.2) is 54.0 Å². The van der Waals surface area contributed by atoms with Crippen molar-refractivity contribution in [1.82, 2.24) is 15.1 Å². The Labute approximate surface area is 194 Å². The van der Waals surface area contributed by atoms with E-state index in [-0.39, 0.29) is 23.1 Å². The van der Waals surface area contributed by atoms with Crippen LogP contribution in [0.2, 0.25) is 0 Å². The summed E-state index contributed by atoms with van der Waals surface area (Å²) < 4.78 is 74.5.